The molecule has 1 heterocycles. The molecule has 1 saturated heterocycles. The van der Waals surface area contributed by atoms with E-state index in [1.807, 2.05) is 30.3 Å². The van der Waals surface area contributed by atoms with Gasteiger partial charge in [-0.05, 0) is 44.3 Å². The van der Waals surface area contributed by atoms with Gasteiger partial charge in [0.1, 0.15) is 0 Å². The van der Waals surface area contributed by atoms with Crippen molar-refractivity contribution in [1.29, 1.82) is 0 Å². The van der Waals surface area contributed by atoms with Crippen molar-refractivity contribution in [1.82, 2.24) is 15.1 Å². The normalized spacial score (nSPS) is 17.4. The Labute approximate surface area is 155 Å². The Bertz CT molecular complexity index is 531. The molecular formula is C20H31F2N3O. The first-order valence-corrected chi connectivity index (χ1v) is 9.46. The van der Waals surface area contributed by atoms with Crippen LogP contribution in [-0.4, -0.2) is 67.9 Å². The van der Waals surface area contributed by atoms with E-state index in [0.29, 0.717) is 19.3 Å². The first-order chi connectivity index (χ1) is 12.5. The Balaban J connectivity index is 1.72. The fourth-order valence-electron chi connectivity index (χ4n) is 3.35. The molecule has 1 fully saturated rings. The van der Waals surface area contributed by atoms with Gasteiger partial charge in [-0.15, -0.1) is 0 Å². The average Bonchev–Trinajstić information content (AvgIpc) is 2.64. The third-order valence-electron chi connectivity index (χ3n) is 5.07. The molecule has 0 aromatic heterocycles. The zero-order chi connectivity index (χ0) is 18.9. The smallest absolute Gasteiger partial charge is 0.253 e. The number of halogens is 2. The number of aryl methyl sites for hydroxylation is 1. The Kier molecular flexibility index (Phi) is 8.45. The molecule has 0 radical (unpaired) electrons. The van der Waals surface area contributed by atoms with Crippen LogP contribution in [0.5, 0.6) is 0 Å². The lowest BCUT2D eigenvalue weighted by molar-refractivity contribution is -0.129. The van der Waals surface area contributed by atoms with Crippen LogP contribution >= 0.6 is 0 Å². The van der Waals surface area contributed by atoms with Crippen LogP contribution in [-0.2, 0) is 11.2 Å². The van der Waals surface area contributed by atoms with E-state index in [-0.39, 0.29) is 11.9 Å². The lowest BCUT2D eigenvalue weighted by Crippen LogP contribution is -2.49. The van der Waals surface area contributed by atoms with Gasteiger partial charge in [-0.3, -0.25) is 4.79 Å². The van der Waals surface area contributed by atoms with Crippen LogP contribution in [0.3, 0.4) is 0 Å². The number of hydrogen-bond acceptors (Lipinski definition) is 3. The maximum atomic E-state index is 13.4. The quantitative estimate of drug-likeness (QED) is 0.729. The molecule has 1 atom stereocenters. The second-order valence-electron chi connectivity index (χ2n) is 7.29. The molecule has 0 bridgehead atoms. The van der Waals surface area contributed by atoms with Gasteiger partial charge in [0.25, 0.3) is 6.43 Å². The van der Waals surface area contributed by atoms with Crippen LogP contribution in [0, 0.1) is 0 Å². The van der Waals surface area contributed by atoms with Gasteiger partial charge < -0.3 is 15.1 Å². The minimum atomic E-state index is -2.35. The second-order valence-corrected chi connectivity index (χ2v) is 7.29. The van der Waals surface area contributed by atoms with E-state index in [4.69, 9.17) is 0 Å². The first-order valence-electron chi connectivity index (χ1n) is 9.46. The Hall–Kier alpha value is -1.53. The summed E-state index contributed by atoms with van der Waals surface area (Å²) in [6.45, 7) is 2.45. The van der Waals surface area contributed by atoms with E-state index in [0.717, 1.165) is 38.0 Å². The summed E-state index contributed by atoms with van der Waals surface area (Å²) < 4.78 is 26.8. The average molecular weight is 367 g/mol. The molecular weight excluding hydrogens is 336 g/mol. The van der Waals surface area contributed by atoms with Gasteiger partial charge in [0.15, 0.2) is 0 Å². The van der Waals surface area contributed by atoms with Gasteiger partial charge in [-0.25, -0.2) is 8.78 Å². The summed E-state index contributed by atoms with van der Waals surface area (Å²) in [7, 11) is 3.52. The number of carbonyl (C=O) groups is 1. The largest absolute Gasteiger partial charge is 0.349 e. The summed E-state index contributed by atoms with van der Waals surface area (Å²) >= 11 is 0. The summed E-state index contributed by atoms with van der Waals surface area (Å²) in [4.78, 5) is 15.5. The molecule has 0 saturated carbocycles. The number of amides is 1. The number of likely N-dealkylation sites (tertiary alicyclic amines) is 1. The monoisotopic (exact) mass is 367 g/mol. The fourth-order valence-corrected chi connectivity index (χ4v) is 3.35. The number of rotatable bonds is 9. The molecule has 1 aliphatic rings. The SMILES string of the molecule is CN(C)C(=O)CCN1CCC(NC(CCc2ccccc2)C(F)F)CC1. The first kappa shape index (κ1) is 20.8. The van der Waals surface area contributed by atoms with Crippen molar-refractivity contribution in [2.24, 2.45) is 0 Å². The molecule has 2 rings (SSSR count). The molecule has 146 valence electrons. The number of nitrogens with one attached hydrogen (secondary N) is 1. The van der Waals surface area contributed by atoms with Crippen molar-refractivity contribution in [3.63, 3.8) is 0 Å². The number of carbonyl (C=O) groups excluding carboxylic acids is 1. The summed E-state index contributed by atoms with van der Waals surface area (Å²) in [6, 6.07) is 9.15. The minimum absolute atomic E-state index is 0.129. The number of nitrogens with zero attached hydrogens (tertiary/aromatic N) is 2. The third-order valence-corrected chi connectivity index (χ3v) is 5.07. The van der Waals surface area contributed by atoms with Crippen molar-refractivity contribution >= 4 is 5.91 Å². The number of piperidine rings is 1. The van der Waals surface area contributed by atoms with Gasteiger partial charge in [-0.2, -0.15) is 0 Å². The summed E-state index contributed by atoms with van der Waals surface area (Å²) in [6.07, 6.45) is 0.972. The Morgan fingerprint density at radius 3 is 2.46 bits per heavy atom. The van der Waals surface area contributed by atoms with Crippen molar-refractivity contribution in [3.8, 4) is 0 Å². The summed E-state index contributed by atoms with van der Waals surface area (Å²) in [5.41, 5.74) is 1.10. The van der Waals surface area contributed by atoms with Crippen LogP contribution in [0.1, 0.15) is 31.2 Å². The molecule has 0 aliphatic carbocycles. The fraction of sp³-hybridized carbons (Fsp3) is 0.650. The van der Waals surface area contributed by atoms with Crippen LogP contribution in [0.25, 0.3) is 0 Å². The van der Waals surface area contributed by atoms with Gasteiger partial charge in [0.05, 0.1) is 6.04 Å². The molecule has 1 unspecified atom stereocenters. The maximum Gasteiger partial charge on any atom is 0.253 e. The van der Waals surface area contributed by atoms with Crippen LogP contribution in [0.2, 0.25) is 0 Å². The van der Waals surface area contributed by atoms with Crippen molar-refractivity contribution in [2.45, 2.75) is 50.6 Å². The van der Waals surface area contributed by atoms with Gasteiger partial charge in [0, 0.05) is 33.1 Å². The molecule has 1 aliphatic heterocycles. The maximum absolute atomic E-state index is 13.4. The van der Waals surface area contributed by atoms with Crippen molar-refractivity contribution in [3.05, 3.63) is 35.9 Å². The predicted octanol–water partition coefficient (Wildman–Crippen LogP) is 2.79. The molecule has 26 heavy (non-hydrogen) atoms. The van der Waals surface area contributed by atoms with Crippen LogP contribution in [0.4, 0.5) is 8.78 Å². The number of benzene rings is 1. The van der Waals surface area contributed by atoms with E-state index in [2.05, 4.69) is 10.2 Å². The topological polar surface area (TPSA) is 35.6 Å². The van der Waals surface area contributed by atoms with E-state index < -0.39 is 12.5 Å². The molecule has 1 aromatic carbocycles. The minimum Gasteiger partial charge on any atom is -0.349 e. The van der Waals surface area contributed by atoms with Gasteiger partial charge in [0.2, 0.25) is 5.91 Å². The lowest BCUT2D eigenvalue weighted by atomic mass is 10.0. The van der Waals surface area contributed by atoms with Crippen molar-refractivity contribution in [2.75, 3.05) is 33.7 Å². The Morgan fingerprint density at radius 1 is 1.23 bits per heavy atom. The number of alkyl halides is 2. The highest BCUT2D eigenvalue weighted by atomic mass is 19.3. The lowest BCUT2D eigenvalue weighted by Gasteiger charge is -2.34. The zero-order valence-corrected chi connectivity index (χ0v) is 15.8. The van der Waals surface area contributed by atoms with E-state index in [1.54, 1.807) is 19.0 Å². The van der Waals surface area contributed by atoms with E-state index >= 15 is 0 Å². The predicted molar refractivity (Wildman–Crippen MR) is 100 cm³/mol. The van der Waals surface area contributed by atoms with Gasteiger partial charge in [-0.1, -0.05) is 30.3 Å². The zero-order valence-electron chi connectivity index (χ0n) is 15.8. The molecule has 6 heteroatoms. The van der Waals surface area contributed by atoms with E-state index in [1.165, 1.54) is 0 Å². The molecule has 4 nitrogen and oxygen atoms in total. The highest BCUT2D eigenvalue weighted by Crippen LogP contribution is 2.16. The second kappa shape index (κ2) is 10.6. The Morgan fingerprint density at radius 2 is 1.88 bits per heavy atom. The summed E-state index contributed by atoms with van der Waals surface area (Å²) in [5, 5.41) is 3.18. The highest BCUT2D eigenvalue weighted by Gasteiger charge is 2.26. The van der Waals surface area contributed by atoms with E-state index in [9.17, 15) is 13.6 Å². The third kappa shape index (κ3) is 7.00. The molecule has 1 amide bonds. The van der Waals surface area contributed by atoms with Crippen LogP contribution < -0.4 is 5.32 Å². The molecule has 0 spiro atoms. The standard InChI is InChI=1S/C20H31F2N3O/c1-24(2)19(26)12-15-25-13-10-17(11-14-25)23-18(20(21)22)9-8-16-6-4-3-5-7-16/h3-7,17-18,20,23H,8-15H2,1-2H3. The molecule has 1 aromatic rings. The highest BCUT2D eigenvalue weighted by molar-refractivity contribution is 5.75. The van der Waals surface area contributed by atoms with Gasteiger partial charge >= 0.3 is 0 Å². The van der Waals surface area contributed by atoms with Crippen LogP contribution in [0.15, 0.2) is 30.3 Å². The summed E-state index contributed by atoms with van der Waals surface area (Å²) in [5.74, 6) is 0.129. The number of hydrogen-bond donors (Lipinski definition) is 1. The molecule has 1 N–H and O–H groups in total. The van der Waals surface area contributed by atoms with Crippen molar-refractivity contribution < 1.29 is 13.6 Å².